The average Bonchev–Trinajstić information content (AvgIpc) is 2.88. The summed E-state index contributed by atoms with van der Waals surface area (Å²) >= 11 is 4.95. The Balaban J connectivity index is 0.00000176. The summed E-state index contributed by atoms with van der Waals surface area (Å²) in [5, 5.41) is 2.89. The molecule has 1 aromatic carbocycles. The summed E-state index contributed by atoms with van der Waals surface area (Å²) in [6, 6.07) is 5.65. The fourth-order valence-electron chi connectivity index (χ4n) is 2.30. The monoisotopic (exact) mass is 402 g/mol. The molecule has 4 nitrogen and oxygen atoms in total. The van der Waals surface area contributed by atoms with Gasteiger partial charge in [0.1, 0.15) is 0 Å². The summed E-state index contributed by atoms with van der Waals surface area (Å²) in [6.07, 6.45) is 0.880. The van der Waals surface area contributed by atoms with Crippen LogP contribution in [0, 0.1) is 6.92 Å². The summed E-state index contributed by atoms with van der Waals surface area (Å²) in [7, 11) is 0. The number of carbonyl (C=O) groups is 1. The average molecular weight is 404 g/mol. The van der Waals surface area contributed by atoms with Gasteiger partial charge in [-0.05, 0) is 36.2 Å². The highest BCUT2D eigenvalue weighted by Crippen LogP contribution is 2.30. The number of aryl methyl sites for hydroxylation is 1. The zero-order valence-electron chi connectivity index (χ0n) is 11.9. The first-order chi connectivity index (χ1) is 10.0. The van der Waals surface area contributed by atoms with Crippen LogP contribution in [0.1, 0.15) is 25.7 Å². The third-order valence-electron chi connectivity index (χ3n) is 3.45. The molecule has 0 spiro atoms. The highest BCUT2D eigenvalue weighted by atomic mass is 79.9. The molecular formula is C15H16BrClN2O2S. The van der Waals surface area contributed by atoms with Gasteiger partial charge in [-0.1, -0.05) is 15.9 Å². The number of carbonyl (C=O) groups excluding carboxylic acids is 1. The Morgan fingerprint density at radius 2 is 2.18 bits per heavy atom. The summed E-state index contributed by atoms with van der Waals surface area (Å²) in [6.45, 7) is 3.24. The van der Waals surface area contributed by atoms with Gasteiger partial charge in [0.15, 0.2) is 0 Å². The van der Waals surface area contributed by atoms with E-state index < -0.39 is 0 Å². The van der Waals surface area contributed by atoms with Crippen LogP contribution in [0.5, 0.6) is 0 Å². The number of rotatable bonds is 2. The number of amides is 1. The van der Waals surface area contributed by atoms with Gasteiger partial charge in [0.05, 0.1) is 29.5 Å². The van der Waals surface area contributed by atoms with E-state index in [0.29, 0.717) is 22.9 Å². The highest BCUT2D eigenvalue weighted by Gasteiger charge is 2.18. The zero-order chi connectivity index (χ0) is 15.0. The van der Waals surface area contributed by atoms with Gasteiger partial charge >= 0.3 is 0 Å². The van der Waals surface area contributed by atoms with Crippen LogP contribution in [0.2, 0.25) is 0 Å². The number of hydrogen-bond acceptors (Lipinski definition) is 4. The van der Waals surface area contributed by atoms with Gasteiger partial charge in [0.2, 0.25) is 0 Å². The summed E-state index contributed by atoms with van der Waals surface area (Å²) in [5.41, 5.74) is 9.30. The topological polar surface area (TPSA) is 64.3 Å². The van der Waals surface area contributed by atoms with Gasteiger partial charge in [0.25, 0.3) is 5.91 Å². The van der Waals surface area contributed by atoms with Crippen molar-refractivity contribution < 1.29 is 9.53 Å². The molecule has 0 bridgehead atoms. The number of nitrogens with two attached hydrogens (primary N) is 1. The number of halogens is 2. The van der Waals surface area contributed by atoms with Gasteiger partial charge in [-0.15, -0.1) is 23.7 Å². The number of hydrogen-bond donors (Lipinski definition) is 2. The number of ether oxygens (including phenoxy) is 1. The van der Waals surface area contributed by atoms with Crippen molar-refractivity contribution >= 4 is 57.0 Å². The predicted molar refractivity (Wildman–Crippen MR) is 96.2 cm³/mol. The Labute approximate surface area is 147 Å². The van der Waals surface area contributed by atoms with Crippen LogP contribution in [0.15, 0.2) is 22.7 Å². The maximum atomic E-state index is 12.4. The van der Waals surface area contributed by atoms with Gasteiger partial charge in [-0.25, -0.2) is 0 Å². The Hall–Kier alpha value is -1.08. The molecule has 0 fully saturated rings. The van der Waals surface area contributed by atoms with E-state index >= 15 is 0 Å². The van der Waals surface area contributed by atoms with Gasteiger partial charge < -0.3 is 15.8 Å². The largest absolute Gasteiger partial charge is 0.397 e. The number of anilines is 2. The number of fused-ring (bicyclic) bond motifs is 1. The van der Waals surface area contributed by atoms with Gasteiger partial charge in [0, 0.05) is 15.8 Å². The molecule has 1 amide bonds. The normalized spacial score (nSPS) is 13.2. The molecule has 0 unspecified atom stereocenters. The maximum Gasteiger partial charge on any atom is 0.265 e. The van der Waals surface area contributed by atoms with E-state index in [4.69, 9.17) is 10.5 Å². The highest BCUT2D eigenvalue weighted by molar-refractivity contribution is 9.10. The van der Waals surface area contributed by atoms with Crippen LogP contribution >= 0.6 is 39.7 Å². The smallest absolute Gasteiger partial charge is 0.265 e. The lowest BCUT2D eigenvalue weighted by molar-refractivity contribution is 0.102. The molecule has 118 valence electrons. The molecule has 7 heteroatoms. The van der Waals surface area contributed by atoms with Gasteiger partial charge in [-0.2, -0.15) is 0 Å². The third kappa shape index (κ3) is 3.46. The van der Waals surface area contributed by atoms with E-state index in [0.717, 1.165) is 28.6 Å². The number of nitrogens with one attached hydrogen (secondary N) is 1. The Bertz CT molecular complexity index is 694. The predicted octanol–water partition coefficient (Wildman–Crippen LogP) is 4.15. The molecule has 0 saturated heterocycles. The minimum atomic E-state index is -0.126. The van der Waals surface area contributed by atoms with Crippen molar-refractivity contribution in [2.24, 2.45) is 0 Å². The molecule has 22 heavy (non-hydrogen) atoms. The van der Waals surface area contributed by atoms with E-state index in [-0.39, 0.29) is 18.3 Å². The maximum absolute atomic E-state index is 12.4. The van der Waals surface area contributed by atoms with Crippen LogP contribution in [0.4, 0.5) is 11.4 Å². The minimum absolute atomic E-state index is 0. The van der Waals surface area contributed by atoms with E-state index in [2.05, 4.69) is 21.2 Å². The lowest BCUT2D eigenvalue weighted by atomic mass is 10.1. The molecule has 2 aromatic rings. The van der Waals surface area contributed by atoms with Crippen LogP contribution in [0.3, 0.4) is 0 Å². The number of benzene rings is 1. The second-order valence-corrected chi connectivity index (χ2v) is 7.05. The van der Waals surface area contributed by atoms with Crippen LogP contribution in [-0.2, 0) is 17.8 Å². The minimum Gasteiger partial charge on any atom is -0.397 e. The van der Waals surface area contributed by atoms with Crippen LogP contribution in [0.25, 0.3) is 0 Å². The first-order valence-corrected chi connectivity index (χ1v) is 8.22. The fourth-order valence-corrected chi connectivity index (χ4v) is 3.92. The first kappa shape index (κ1) is 17.3. The van der Waals surface area contributed by atoms with Crippen molar-refractivity contribution in [2.45, 2.75) is 20.0 Å². The second-order valence-electron chi connectivity index (χ2n) is 5.00. The van der Waals surface area contributed by atoms with Crippen molar-refractivity contribution in [1.29, 1.82) is 0 Å². The molecule has 1 aliphatic heterocycles. The lowest BCUT2D eigenvalue weighted by Crippen LogP contribution is -2.12. The van der Waals surface area contributed by atoms with Crippen LogP contribution in [-0.4, -0.2) is 12.5 Å². The fraction of sp³-hybridized carbons (Fsp3) is 0.267. The van der Waals surface area contributed by atoms with Crippen molar-refractivity contribution in [3.63, 3.8) is 0 Å². The molecule has 3 N–H and O–H groups in total. The molecule has 0 radical (unpaired) electrons. The standard InChI is InChI=1S/C15H15BrN2O2S.ClH/c1-8-4-10(16)6-11(14(8)17)18-15(19)13-5-9-7-20-3-2-12(9)21-13;/h4-6H,2-3,7,17H2,1H3,(H,18,19);1H. The van der Waals surface area contributed by atoms with Gasteiger partial charge in [-0.3, -0.25) is 4.79 Å². The van der Waals surface area contributed by atoms with Crippen molar-refractivity contribution in [3.8, 4) is 0 Å². The second kappa shape index (κ2) is 7.00. The van der Waals surface area contributed by atoms with Crippen molar-refractivity contribution in [3.05, 3.63) is 43.6 Å². The molecule has 2 heterocycles. The van der Waals surface area contributed by atoms with E-state index in [1.54, 1.807) is 0 Å². The number of thiophene rings is 1. The Morgan fingerprint density at radius 1 is 1.41 bits per heavy atom. The lowest BCUT2D eigenvalue weighted by Gasteiger charge is -2.10. The van der Waals surface area contributed by atoms with E-state index in [1.807, 2.05) is 25.1 Å². The summed E-state index contributed by atoms with van der Waals surface area (Å²) < 4.78 is 6.30. The van der Waals surface area contributed by atoms with Crippen molar-refractivity contribution in [1.82, 2.24) is 0 Å². The zero-order valence-corrected chi connectivity index (χ0v) is 15.2. The third-order valence-corrected chi connectivity index (χ3v) is 5.14. The Kier molecular flexibility index (Phi) is 5.50. The summed E-state index contributed by atoms with van der Waals surface area (Å²) in [4.78, 5) is 14.3. The molecule has 0 aliphatic carbocycles. The SMILES string of the molecule is Cc1cc(Br)cc(NC(=O)c2cc3c(s2)CCOC3)c1N.Cl. The quantitative estimate of drug-likeness (QED) is 0.740. The number of nitrogen functional groups attached to an aromatic ring is 1. The molecule has 0 atom stereocenters. The molecule has 3 rings (SSSR count). The molecule has 1 aromatic heterocycles. The van der Waals surface area contributed by atoms with Crippen molar-refractivity contribution in [2.75, 3.05) is 17.7 Å². The molecule has 0 saturated carbocycles. The molecular weight excluding hydrogens is 388 g/mol. The Morgan fingerprint density at radius 3 is 2.91 bits per heavy atom. The first-order valence-electron chi connectivity index (χ1n) is 6.61. The molecule has 1 aliphatic rings. The summed E-state index contributed by atoms with van der Waals surface area (Å²) in [5.74, 6) is -0.126. The van der Waals surface area contributed by atoms with Crippen LogP contribution < -0.4 is 11.1 Å². The van der Waals surface area contributed by atoms with E-state index in [9.17, 15) is 4.79 Å². The van der Waals surface area contributed by atoms with E-state index in [1.165, 1.54) is 16.2 Å².